The summed E-state index contributed by atoms with van der Waals surface area (Å²) in [4.78, 5) is 10.4. The molecule has 0 saturated carbocycles. The summed E-state index contributed by atoms with van der Waals surface area (Å²) in [7, 11) is 0. The monoisotopic (exact) mass is 236 g/mol. The highest BCUT2D eigenvalue weighted by atomic mass is 16.5. The molecule has 4 N–H and O–H groups in total. The molecule has 96 valence electrons. The predicted molar refractivity (Wildman–Crippen MR) is 55.8 cm³/mol. The SMILES string of the molecule is CCCCO[C@@H]([C@H](O)[C@H](O)CO)[C@@H](O)C=O. The summed E-state index contributed by atoms with van der Waals surface area (Å²) >= 11 is 0. The van der Waals surface area contributed by atoms with Gasteiger partial charge in [-0.1, -0.05) is 13.3 Å². The van der Waals surface area contributed by atoms with E-state index < -0.39 is 31.0 Å². The van der Waals surface area contributed by atoms with Crippen LogP contribution < -0.4 is 0 Å². The van der Waals surface area contributed by atoms with Crippen molar-refractivity contribution in [2.24, 2.45) is 0 Å². The molecule has 0 spiro atoms. The molecular weight excluding hydrogens is 216 g/mol. The van der Waals surface area contributed by atoms with Gasteiger partial charge >= 0.3 is 0 Å². The van der Waals surface area contributed by atoms with Crippen molar-refractivity contribution in [3.8, 4) is 0 Å². The standard InChI is InChI=1S/C10H20O6/c1-2-3-4-16-10(8(14)6-12)9(15)7(13)5-11/h6-11,13-15H,2-5H2,1H3/t7-,8+,9-,10-/m1/s1. The maximum atomic E-state index is 10.4. The Morgan fingerprint density at radius 3 is 2.38 bits per heavy atom. The van der Waals surface area contributed by atoms with Crippen LogP contribution in [-0.2, 0) is 9.53 Å². The topological polar surface area (TPSA) is 107 Å². The van der Waals surface area contributed by atoms with Crippen molar-refractivity contribution in [2.45, 2.75) is 44.2 Å². The second kappa shape index (κ2) is 8.60. The summed E-state index contributed by atoms with van der Waals surface area (Å²) in [5.41, 5.74) is 0. The molecule has 6 nitrogen and oxygen atoms in total. The van der Waals surface area contributed by atoms with E-state index in [0.29, 0.717) is 6.42 Å². The van der Waals surface area contributed by atoms with Gasteiger partial charge in [-0.3, -0.25) is 0 Å². The van der Waals surface area contributed by atoms with E-state index in [1.807, 2.05) is 6.92 Å². The number of hydrogen-bond donors (Lipinski definition) is 4. The van der Waals surface area contributed by atoms with Crippen LogP contribution in [0.25, 0.3) is 0 Å². The van der Waals surface area contributed by atoms with Gasteiger partial charge in [0, 0.05) is 6.61 Å². The molecule has 0 bridgehead atoms. The van der Waals surface area contributed by atoms with Gasteiger partial charge in [0.25, 0.3) is 0 Å². The zero-order valence-corrected chi connectivity index (χ0v) is 9.32. The second-order valence-corrected chi connectivity index (χ2v) is 3.56. The van der Waals surface area contributed by atoms with Crippen molar-refractivity contribution in [3.63, 3.8) is 0 Å². The third-order valence-electron chi connectivity index (χ3n) is 2.20. The lowest BCUT2D eigenvalue weighted by atomic mass is 10.0. The molecule has 0 radical (unpaired) electrons. The van der Waals surface area contributed by atoms with Crippen LogP contribution in [0.1, 0.15) is 19.8 Å². The third-order valence-corrected chi connectivity index (χ3v) is 2.20. The fraction of sp³-hybridized carbons (Fsp3) is 0.900. The molecule has 0 saturated heterocycles. The number of carbonyl (C=O) groups is 1. The number of ether oxygens (including phenoxy) is 1. The second-order valence-electron chi connectivity index (χ2n) is 3.56. The Labute approximate surface area is 94.5 Å². The van der Waals surface area contributed by atoms with E-state index in [0.717, 1.165) is 6.42 Å². The van der Waals surface area contributed by atoms with E-state index in [1.165, 1.54) is 0 Å². The van der Waals surface area contributed by atoms with Gasteiger partial charge in [-0.15, -0.1) is 0 Å². The van der Waals surface area contributed by atoms with E-state index in [1.54, 1.807) is 0 Å². The number of aliphatic hydroxyl groups excluding tert-OH is 4. The lowest BCUT2D eigenvalue weighted by molar-refractivity contribution is -0.150. The Hall–Kier alpha value is -0.530. The fourth-order valence-corrected chi connectivity index (χ4v) is 1.17. The van der Waals surface area contributed by atoms with E-state index in [-0.39, 0.29) is 12.9 Å². The summed E-state index contributed by atoms with van der Waals surface area (Å²) in [5, 5.41) is 36.6. The molecule has 0 amide bonds. The molecule has 16 heavy (non-hydrogen) atoms. The highest BCUT2D eigenvalue weighted by Crippen LogP contribution is 2.09. The molecule has 0 unspecified atom stereocenters. The lowest BCUT2D eigenvalue weighted by Gasteiger charge is -2.27. The van der Waals surface area contributed by atoms with E-state index >= 15 is 0 Å². The lowest BCUT2D eigenvalue weighted by Crippen LogP contribution is -2.48. The van der Waals surface area contributed by atoms with E-state index in [9.17, 15) is 20.1 Å². The highest BCUT2D eigenvalue weighted by molar-refractivity contribution is 5.56. The molecule has 0 fully saturated rings. The molecule has 0 aromatic carbocycles. The molecular formula is C10H20O6. The molecule has 0 rings (SSSR count). The summed E-state index contributed by atoms with van der Waals surface area (Å²) < 4.78 is 5.12. The predicted octanol–water partition coefficient (Wildman–Crippen LogP) is -1.55. The van der Waals surface area contributed by atoms with Gasteiger partial charge in [0.15, 0.2) is 6.29 Å². The first-order valence-electron chi connectivity index (χ1n) is 5.30. The molecule has 6 heteroatoms. The normalized spacial score (nSPS) is 18.8. The maximum Gasteiger partial charge on any atom is 0.151 e. The van der Waals surface area contributed by atoms with Crippen molar-refractivity contribution >= 4 is 6.29 Å². The smallest absolute Gasteiger partial charge is 0.151 e. The minimum atomic E-state index is -1.52. The van der Waals surface area contributed by atoms with Crippen LogP contribution in [0, 0.1) is 0 Å². The van der Waals surface area contributed by atoms with Gasteiger partial charge in [-0.05, 0) is 6.42 Å². The number of hydrogen-bond acceptors (Lipinski definition) is 6. The van der Waals surface area contributed by atoms with Crippen LogP contribution in [0.4, 0.5) is 0 Å². The number of rotatable bonds is 9. The van der Waals surface area contributed by atoms with Crippen molar-refractivity contribution in [2.75, 3.05) is 13.2 Å². The molecule has 0 aliphatic rings. The Morgan fingerprint density at radius 2 is 1.94 bits per heavy atom. The first kappa shape index (κ1) is 15.5. The highest BCUT2D eigenvalue weighted by Gasteiger charge is 2.32. The largest absolute Gasteiger partial charge is 0.394 e. The molecule has 0 aromatic heterocycles. The van der Waals surface area contributed by atoms with Crippen molar-refractivity contribution in [1.82, 2.24) is 0 Å². The molecule has 0 aliphatic heterocycles. The molecule has 0 aromatic rings. The summed E-state index contributed by atoms with van der Waals surface area (Å²) in [5.74, 6) is 0. The zero-order chi connectivity index (χ0) is 12.6. The fourth-order valence-electron chi connectivity index (χ4n) is 1.17. The number of carbonyl (C=O) groups excluding carboxylic acids is 1. The van der Waals surface area contributed by atoms with Gasteiger partial charge in [-0.2, -0.15) is 0 Å². The van der Waals surface area contributed by atoms with Gasteiger partial charge in [0.05, 0.1) is 6.61 Å². The van der Waals surface area contributed by atoms with Gasteiger partial charge in [0.2, 0.25) is 0 Å². The van der Waals surface area contributed by atoms with Crippen LogP contribution in [0.2, 0.25) is 0 Å². The van der Waals surface area contributed by atoms with Crippen LogP contribution in [0.5, 0.6) is 0 Å². The Kier molecular flexibility index (Phi) is 8.32. The van der Waals surface area contributed by atoms with Crippen molar-refractivity contribution in [3.05, 3.63) is 0 Å². The average Bonchev–Trinajstić information content (AvgIpc) is 2.32. The quantitative estimate of drug-likeness (QED) is 0.285. The van der Waals surface area contributed by atoms with Crippen molar-refractivity contribution < 1.29 is 30.0 Å². The van der Waals surface area contributed by atoms with E-state index in [2.05, 4.69) is 0 Å². The molecule has 0 aliphatic carbocycles. The van der Waals surface area contributed by atoms with Gasteiger partial charge < -0.3 is 30.0 Å². The number of aldehydes is 1. The van der Waals surface area contributed by atoms with Crippen LogP contribution >= 0.6 is 0 Å². The maximum absolute atomic E-state index is 10.4. The zero-order valence-electron chi connectivity index (χ0n) is 9.32. The first-order valence-corrected chi connectivity index (χ1v) is 5.30. The van der Waals surface area contributed by atoms with E-state index in [4.69, 9.17) is 9.84 Å². The molecule has 4 atom stereocenters. The van der Waals surface area contributed by atoms with Gasteiger partial charge in [0.1, 0.15) is 24.4 Å². The Balaban J connectivity index is 4.34. The Bertz CT molecular complexity index is 186. The van der Waals surface area contributed by atoms with Crippen LogP contribution in [0.15, 0.2) is 0 Å². The minimum absolute atomic E-state index is 0.226. The summed E-state index contributed by atoms with van der Waals surface area (Å²) in [6, 6.07) is 0. The first-order chi connectivity index (χ1) is 7.58. The molecule has 0 heterocycles. The minimum Gasteiger partial charge on any atom is -0.394 e. The van der Waals surface area contributed by atoms with Crippen LogP contribution in [-0.4, -0.2) is 64.3 Å². The summed E-state index contributed by atoms with van der Waals surface area (Å²) in [6.45, 7) is 1.54. The van der Waals surface area contributed by atoms with Crippen LogP contribution in [0.3, 0.4) is 0 Å². The third kappa shape index (κ3) is 5.00. The Morgan fingerprint density at radius 1 is 1.31 bits per heavy atom. The summed E-state index contributed by atoms with van der Waals surface area (Å²) in [6.07, 6.45) is -3.88. The number of unbranched alkanes of at least 4 members (excludes halogenated alkanes) is 1. The number of aliphatic hydroxyl groups is 4. The van der Waals surface area contributed by atoms with Gasteiger partial charge in [-0.25, -0.2) is 0 Å². The van der Waals surface area contributed by atoms with Crippen molar-refractivity contribution in [1.29, 1.82) is 0 Å². The average molecular weight is 236 g/mol.